The van der Waals surface area contributed by atoms with Gasteiger partial charge >= 0.3 is 5.97 Å². The number of carboxylic acids is 1. The van der Waals surface area contributed by atoms with Crippen LogP contribution in [-0.2, 0) is 6.61 Å². The third-order valence-corrected chi connectivity index (χ3v) is 5.91. The molecule has 0 heterocycles. The number of rotatable bonds is 7. The summed E-state index contributed by atoms with van der Waals surface area (Å²) in [4.78, 5) is 23.1. The van der Waals surface area contributed by atoms with Gasteiger partial charge in [0.2, 0.25) is 0 Å². The van der Waals surface area contributed by atoms with Gasteiger partial charge in [-0.3, -0.25) is 4.79 Å². The van der Waals surface area contributed by atoms with Gasteiger partial charge in [-0.05, 0) is 98.8 Å². The average molecular weight is 661 g/mol. The van der Waals surface area contributed by atoms with Gasteiger partial charge in [0.25, 0.3) is 5.91 Å². The Bertz CT molecular complexity index is 1130. The first-order valence-electron chi connectivity index (χ1n) is 8.86. The number of carbonyl (C=O) groups excluding carboxylic acids is 1. The topological polar surface area (TPSA) is 88.0 Å². The van der Waals surface area contributed by atoms with Crippen LogP contribution in [-0.4, -0.2) is 23.2 Å². The van der Waals surface area contributed by atoms with Gasteiger partial charge in [0.15, 0.2) is 0 Å². The molecule has 9 heteroatoms. The number of hydrogen-bond donors (Lipinski definition) is 2. The molecule has 3 aromatic rings. The molecule has 0 spiro atoms. The Hall–Kier alpha value is -2.18. The van der Waals surface area contributed by atoms with Crippen LogP contribution in [0.1, 0.15) is 31.8 Å². The summed E-state index contributed by atoms with van der Waals surface area (Å²) in [6, 6.07) is 17.0. The largest absolute Gasteiger partial charge is 0.487 e. The van der Waals surface area contributed by atoms with Crippen LogP contribution in [0.5, 0.6) is 5.75 Å². The first-order valence-corrected chi connectivity index (χ1v) is 11.4. The number of hydrogen-bond acceptors (Lipinski definition) is 4. The molecular formula is C22H15ClI2N2O4. The number of carbonyl (C=O) groups is 2. The first-order chi connectivity index (χ1) is 14.8. The summed E-state index contributed by atoms with van der Waals surface area (Å²) in [5.74, 6) is -0.585. The predicted octanol–water partition coefficient (Wildman–Crippen LogP) is 5.59. The molecule has 0 aromatic heterocycles. The van der Waals surface area contributed by atoms with Crippen LogP contribution >= 0.6 is 56.8 Å². The maximum absolute atomic E-state index is 12.1. The highest BCUT2D eigenvalue weighted by Gasteiger charge is 2.10. The fourth-order valence-corrected chi connectivity index (χ4v) is 4.87. The quantitative estimate of drug-likeness (QED) is 0.197. The summed E-state index contributed by atoms with van der Waals surface area (Å²) in [5, 5.41) is 13.5. The summed E-state index contributed by atoms with van der Waals surface area (Å²) in [5.41, 5.74) is 4.81. The first kappa shape index (κ1) is 23.5. The van der Waals surface area contributed by atoms with Crippen LogP contribution in [0.15, 0.2) is 65.8 Å². The van der Waals surface area contributed by atoms with Crippen LogP contribution in [0.2, 0.25) is 5.02 Å². The van der Waals surface area contributed by atoms with E-state index in [1.165, 1.54) is 0 Å². The van der Waals surface area contributed by atoms with Crippen molar-refractivity contribution >= 4 is 74.9 Å². The summed E-state index contributed by atoms with van der Waals surface area (Å²) in [6.45, 7) is 0.315. The minimum atomic E-state index is -0.961. The number of aromatic carboxylic acids is 1. The van der Waals surface area contributed by atoms with E-state index in [2.05, 4.69) is 55.7 Å². The van der Waals surface area contributed by atoms with Crippen molar-refractivity contribution in [3.8, 4) is 5.75 Å². The van der Waals surface area contributed by atoms with Gasteiger partial charge in [-0.15, -0.1) is 0 Å². The monoisotopic (exact) mass is 660 g/mol. The molecule has 0 aliphatic heterocycles. The zero-order chi connectivity index (χ0) is 22.4. The fraction of sp³-hybridized carbons (Fsp3) is 0.0455. The number of nitrogens with zero attached hydrogens (tertiary/aromatic N) is 1. The van der Waals surface area contributed by atoms with Crippen LogP contribution in [0.25, 0.3) is 0 Å². The summed E-state index contributed by atoms with van der Waals surface area (Å²) in [7, 11) is 0. The molecule has 0 aliphatic rings. The minimum Gasteiger partial charge on any atom is -0.487 e. The Balaban J connectivity index is 1.63. The molecule has 31 heavy (non-hydrogen) atoms. The SMILES string of the molecule is O=C(O)c1ccc(COc2c(I)cc(/C=N\NC(=O)c3cccc(Cl)c3)cc2I)cc1. The van der Waals surface area contributed by atoms with E-state index in [-0.39, 0.29) is 11.5 Å². The van der Waals surface area contributed by atoms with Gasteiger partial charge in [-0.1, -0.05) is 29.8 Å². The van der Waals surface area contributed by atoms with E-state index in [9.17, 15) is 9.59 Å². The zero-order valence-electron chi connectivity index (χ0n) is 15.8. The second-order valence-corrected chi connectivity index (χ2v) is 9.07. The molecule has 158 valence electrons. The predicted molar refractivity (Wildman–Crippen MR) is 136 cm³/mol. The number of carboxylic acid groups (broad SMARTS) is 1. The van der Waals surface area contributed by atoms with Crippen LogP contribution in [0.4, 0.5) is 0 Å². The van der Waals surface area contributed by atoms with Gasteiger partial charge in [0.05, 0.1) is 18.9 Å². The van der Waals surface area contributed by atoms with Crippen molar-refractivity contribution in [3.63, 3.8) is 0 Å². The standard InChI is InChI=1S/C22H15ClI2N2O4/c23-17-3-1-2-16(10-17)21(28)27-26-11-14-8-18(24)20(19(25)9-14)31-12-13-4-6-15(7-5-13)22(29)30/h1-11H,12H2,(H,27,28)(H,29,30)/b26-11-. The lowest BCUT2D eigenvalue weighted by Gasteiger charge is -2.11. The van der Waals surface area contributed by atoms with Gasteiger partial charge in [-0.2, -0.15) is 5.10 Å². The molecule has 0 atom stereocenters. The van der Waals surface area contributed by atoms with Crippen LogP contribution in [0, 0.1) is 7.14 Å². The Labute approximate surface area is 210 Å². The second kappa shape index (κ2) is 10.9. The average Bonchev–Trinajstić information content (AvgIpc) is 2.73. The molecule has 2 N–H and O–H groups in total. The van der Waals surface area contributed by atoms with Crippen molar-refractivity contribution in [3.05, 3.63) is 95.1 Å². The fourth-order valence-electron chi connectivity index (χ4n) is 2.55. The summed E-state index contributed by atoms with van der Waals surface area (Å²) >= 11 is 10.2. The van der Waals surface area contributed by atoms with Gasteiger partial charge in [-0.25, -0.2) is 10.2 Å². The highest BCUT2D eigenvalue weighted by atomic mass is 127. The Morgan fingerprint density at radius 2 is 1.71 bits per heavy atom. The van der Waals surface area contributed by atoms with Crippen molar-refractivity contribution in [1.82, 2.24) is 5.43 Å². The second-order valence-electron chi connectivity index (χ2n) is 6.31. The maximum Gasteiger partial charge on any atom is 0.335 e. The van der Waals surface area contributed by atoms with Crippen molar-refractivity contribution in [2.75, 3.05) is 0 Å². The number of amides is 1. The molecular weight excluding hydrogens is 646 g/mol. The van der Waals surface area contributed by atoms with E-state index in [0.29, 0.717) is 17.2 Å². The summed E-state index contributed by atoms with van der Waals surface area (Å²) in [6.07, 6.45) is 1.56. The number of hydrazone groups is 1. The van der Waals surface area contributed by atoms with E-state index in [1.54, 1.807) is 54.7 Å². The molecule has 0 aliphatic carbocycles. The minimum absolute atomic E-state index is 0.235. The number of nitrogens with one attached hydrogen (secondary N) is 1. The van der Waals surface area contributed by atoms with E-state index >= 15 is 0 Å². The Morgan fingerprint density at radius 1 is 1.03 bits per heavy atom. The molecule has 1 amide bonds. The lowest BCUT2D eigenvalue weighted by atomic mass is 10.1. The van der Waals surface area contributed by atoms with Crippen LogP contribution < -0.4 is 10.2 Å². The van der Waals surface area contributed by atoms with Gasteiger partial charge in [0, 0.05) is 10.6 Å². The van der Waals surface area contributed by atoms with Crippen LogP contribution in [0.3, 0.4) is 0 Å². The third-order valence-electron chi connectivity index (χ3n) is 4.07. The van der Waals surface area contributed by atoms with Gasteiger partial charge < -0.3 is 9.84 Å². The van der Waals surface area contributed by atoms with E-state index in [0.717, 1.165) is 24.0 Å². The highest BCUT2D eigenvalue weighted by Crippen LogP contribution is 2.29. The number of benzene rings is 3. The van der Waals surface area contributed by atoms with Gasteiger partial charge in [0.1, 0.15) is 12.4 Å². The highest BCUT2D eigenvalue weighted by molar-refractivity contribution is 14.1. The molecule has 3 aromatic carbocycles. The lowest BCUT2D eigenvalue weighted by molar-refractivity contribution is 0.0696. The maximum atomic E-state index is 12.1. The van der Waals surface area contributed by atoms with Crippen molar-refractivity contribution < 1.29 is 19.4 Å². The smallest absolute Gasteiger partial charge is 0.335 e. The molecule has 0 bridgehead atoms. The molecule has 6 nitrogen and oxygen atoms in total. The Morgan fingerprint density at radius 3 is 2.32 bits per heavy atom. The normalized spacial score (nSPS) is 10.8. The molecule has 3 rings (SSSR count). The summed E-state index contributed by atoms with van der Waals surface area (Å²) < 4.78 is 7.70. The van der Waals surface area contributed by atoms with Crippen molar-refractivity contribution in [2.24, 2.45) is 5.10 Å². The van der Waals surface area contributed by atoms with E-state index in [1.807, 2.05) is 12.1 Å². The van der Waals surface area contributed by atoms with E-state index < -0.39 is 5.97 Å². The Kier molecular flexibility index (Phi) is 8.27. The molecule has 0 fully saturated rings. The van der Waals surface area contributed by atoms with Crippen molar-refractivity contribution in [1.29, 1.82) is 0 Å². The van der Waals surface area contributed by atoms with E-state index in [4.69, 9.17) is 21.4 Å². The molecule has 0 saturated carbocycles. The third kappa shape index (κ3) is 6.65. The molecule has 0 saturated heterocycles. The number of halogens is 3. The zero-order valence-corrected chi connectivity index (χ0v) is 20.9. The molecule has 0 radical (unpaired) electrons. The van der Waals surface area contributed by atoms with Crippen molar-refractivity contribution in [2.45, 2.75) is 6.61 Å². The molecule has 0 unspecified atom stereocenters. The number of ether oxygens (including phenoxy) is 1. The lowest BCUT2D eigenvalue weighted by Crippen LogP contribution is -2.17.